The molecule has 1 heterocycles. The van der Waals surface area contributed by atoms with Crippen molar-refractivity contribution in [1.82, 2.24) is 0 Å². The summed E-state index contributed by atoms with van der Waals surface area (Å²) in [6.07, 6.45) is 4.13. The van der Waals surface area contributed by atoms with E-state index >= 15 is 0 Å². The Kier molecular flexibility index (Phi) is 6.82. The molecule has 0 saturated carbocycles. The summed E-state index contributed by atoms with van der Waals surface area (Å²) in [5.74, 6) is 1.52. The van der Waals surface area contributed by atoms with Gasteiger partial charge in [0.2, 0.25) is 0 Å². The Labute approximate surface area is 153 Å². The number of benzene rings is 2. The molecule has 1 aromatic heterocycles. The van der Waals surface area contributed by atoms with E-state index < -0.39 is 0 Å². The lowest BCUT2D eigenvalue weighted by atomic mass is 10.1. The molecule has 124 valence electrons. The van der Waals surface area contributed by atoms with Gasteiger partial charge >= 0.3 is 0 Å². The fraction of sp³-hybridized carbons (Fsp3) is 0.150. The number of hydrogen-bond acceptors (Lipinski definition) is 2. The molecule has 2 aromatic carbocycles. The minimum absolute atomic E-state index is 0. The second-order valence-electron chi connectivity index (χ2n) is 5.31. The highest BCUT2D eigenvalue weighted by Gasteiger charge is 2.05. The van der Waals surface area contributed by atoms with Gasteiger partial charge in [0.1, 0.15) is 6.61 Å². The lowest BCUT2D eigenvalue weighted by Gasteiger charge is -2.10. The SMILES string of the molecule is COc1ccccc1OCc1cccc(C[n+]2ccccc2)c1.[Br-]. The zero-order valence-electron chi connectivity index (χ0n) is 13.6. The molecule has 0 N–H and O–H groups in total. The van der Waals surface area contributed by atoms with E-state index in [4.69, 9.17) is 9.47 Å². The molecule has 0 saturated heterocycles. The first-order chi connectivity index (χ1) is 11.3. The summed E-state index contributed by atoms with van der Waals surface area (Å²) >= 11 is 0. The van der Waals surface area contributed by atoms with Crippen LogP contribution in [0.15, 0.2) is 79.1 Å². The van der Waals surface area contributed by atoms with Gasteiger partial charge in [-0.25, -0.2) is 4.57 Å². The van der Waals surface area contributed by atoms with Crippen LogP contribution in [0.4, 0.5) is 0 Å². The van der Waals surface area contributed by atoms with Crippen LogP contribution < -0.4 is 31.0 Å². The van der Waals surface area contributed by atoms with Crippen LogP contribution in [-0.2, 0) is 13.2 Å². The molecule has 0 fully saturated rings. The molecule has 24 heavy (non-hydrogen) atoms. The summed E-state index contributed by atoms with van der Waals surface area (Å²) in [7, 11) is 1.65. The minimum Gasteiger partial charge on any atom is -1.00 e. The third-order valence-electron chi connectivity index (χ3n) is 3.60. The molecule has 0 aliphatic carbocycles. The fourth-order valence-electron chi connectivity index (χ4n) is 2.47. The van der Waals surface area contributed by atoms with Gasteiger partial charge in [-0.3, -0.25) is 0 Å². The highest BCUT2D eigenvalue weighted by molar-refractivity contribution is 5.39. The molecule has 0 bridgehead atoms. The van der Waals surface area contributed by atoms with Crippen LogP contribution in [0.5, 0.6) is 11.5 Å². The summed E-state index contributed by atoms with van der Waals surface area (Å²) < 4.78 is 13.3. The van der Waals surface area contributed by atoms with Gasteiger partial charge in [-0.1, -0.05) is 36.4 Å². The number of ether oxygens (including phenoxy) is 2. The van der Waals surface area contributed by atoms with E-state index in [9.17, 15) is 0 Å². The Morgan fingerprint density at radius 1 is 0.792 bits per heavy atom. The van der Waals surface area contributed by atoms with E-state index in [1.54, 1.807) is 7.11 Å². The van der Waals surface area contributed by atoms with E-state index in [1.165, 1.54) is 5.56 Å². The molecule has 0 spiro atoms. The maximum absolute atomic E-state index is 5.89. The maximum atomic E-state index is 5.89. The standard InChI is InChI=1S/C20H20NO2.BrH/c1-22-19-10-3-4-11-20(19)23-16-18-9-7-8-17(14-18)15-21-12-5-2-6-13-21;/h2-14H,15-16H2,1H3;1H/q+1;/p-1. The first kappa shape index (κ1) is 18.0. The second kappa shape index (κ2) is 9.08. The number of aromatic nitrogens is 1. The molecular formula is C20H20BrNO2. The van der Waals surface area contributed by atoms with Crippen molar-refractivity contribution in [1.29, 1.82) is 0 Å². The van der Waals surface area contributed by atoms with Crippen LogP contribution in [0.1, 0.15) is 11.1 Å². The number of hydrogen-bond donors (Lipinski definition) is 0. The third-order valence-corrected chi connectivity index (χ3v) is 3.60. The Morgan fingerprint density at radius 3 is 2.25 bits per heavy atom. The van der Waals surface area contributed by atoms with Crippen molar-refractivity contribution in [3.05, 3.63) is 90.3 Å². The first-order valence-electron chi connectivity index (χ1n) is 7.63. The van der Waals surface area contributed by atoms with E-state index in [1.807, 2.05) is 42.5 Å². The molecule has 3 rings (SSSR count). The number of halogens is 1. The average Bonchev–Trinajstić information content (AvgIpc) is 2.61. The maximum Gasteiger partial charge on any atom is 0.173 e. The second-order valence-corrected chi connectivity index (χ2v) is 5.31. The number of para-hydroxylation sites is 2. The van der Waals surface area contributed by atoms with E-state index in [2.05, 4.69) is 41.2 Å². The van der Waals surface area contributed by atoms with Gasteiger partial charge in [0.05, 0.1) is 7.11 Å². The zero-order chi connectivity index (χ0) is 15.9. The molecule has 0 aliphatic heterocycles. The lowest BCUT2D eigenvalue weighted by molar-refractivity contribution is -0.688. The predicted octanol–water partition coefficient (Wildman–Crippen LogP) is 0.614. The monoisotopic (exact) mass is 385 g/mol. The number of pyridine rings is 1. The van der Waals surface area contributed by atoms with Crippen molar-refractivity contribution >= 4 is 0 Å². The molecule has 0 aliphatic rings. The highest BCUT2D eigenvalue weighted by atomic mass is 79.9. The van der Waals surface area contributed by atoms with Crippen molar-refractivity contribution in [2.45, 2.75) is 13.2 Å². The van der Waals surface area contributed by atoms with Crippen molar-refractivity contribution in [3.63, 3.8) is 0 Å². The molecular weight excluding hydrogens is 366 g/mol. The van der Waals surface area contributed by atoms with Gasteiger partial charge in [-0.15, -0.1) is 0 Å². The molecule has 3 aromatic rings. The molecule has 3 nitrogen and oxygen atoms in total. The normalized spacial score (nSPS) is 9.88. The van der Waals surface area contributed by atoms with E-state index in [0.29, 0.717) is 6.61 Å². The summed E-state index contributed by atoms with van der Waals surface area (Å²) in [5, 5.41) is 0. The largest absolute Gasteiger partial charge is 1.00 e. The van der Waals surface area contributed by atoms with Gasteiger partial charge in [0.25, 0.3) is 0 Å². The van der Waals surface area contributed by atoms with Crippen molar-refractivity contribution in [2.75, 3.05) is 7.11 Å². The van der Waals surface area contributed by atoms with Crippen molar-refractivity contribution < 1.29 is 31.0 Å². The van der Waals surface area contributed by atoms with Gasteiger partial charge in [-0.05, 0) is 23.8 Å². The number of methoxy groups -OCH3 is 1. The van der Waals surface area contributed by atoms with Crippen LogP contribution >= 0.6 is 0 Å². The fourth-order valence-corrected chi connectivity index (χ4v) is 2.47. The van der Waals surface area contributed by atoms with Gasteiger partial charge in [0.15, 0.2) is 30.4 Å². The summed E-state index contributed by atoms with van der Waals surface area (Å²) in [6, 6.07) is 22.2. The van der Waals surface area contributed by atoms with Crippen LogP contribution in [-0.4, -0.2) is 7.11 Å². The number of rotatable bonds is 6. The highest BCUT2D eigenvalue weighted by Crippen LogP contribution is 2.26. The van der Waals surface area contributed by atoms with Gasteiger partial charge < -0.3 is 26.5 Å². The summed E-state index contributed by atoms with van der Waals surface area (Å²) in [5.41, 5.74) is 2.40. The Hall–Kier alpha value is -2.33. The predicted molar refractivity (Wildman–Crippen MR) is 89.5 cm³/mol. The quantitative estimate of drug-likeness (QED) is 0.580. The lowest BCUT2D eigenvalue weighted by Crippen LogP contribution is -3.00. The average molecular weight is 386 g/mol. The minimum atomic E-state index is 0. The molecule has 0 radical (unpaired) electrons. The van der Waals surface area contributed by atoms with Crippen LogP contribution in [0.2, 0.25) is 0 Å². The molecule has 0 amide bonds. The van der Waals surface area contributed by atoms with Gasteiger partial charge in [0, 0.05) is 17.7 Å². The summed E-state index contributed by atoms with van der Waals surface area (Å²) in [6.45, 7) is 1.37. The van der Waals surface area contributed by atoms with Crippen molar-refractivity contribution in [2.24, 2.45) is 0 Å². The molecule has 0 atom stereocenters. The summed E-state index contributed by atoms with van der Waals surface area (Å²) in [4.78, 5) is 0. The van der Waals surface area contributed by atoms with Crippen LogP contribution in [0.3, 0.4) is 0 Å². The Morgan fingerprint density at radius 2 is 1.50 bits per heavy atom. The van der Waals surface area contributed by atoms with Gasteiger partial charge in [-0.2, -0.15) is 0 Å². The van der Waals surface area contributed by atoms with Crippen LogP contribution in [0, 0.1) is 0 Å². The first-order valence-corrected chi connectivity index (χ1v) is 7.63. The van der Waals surface area contributed by atoms with Crippen LogP contribution in [0.25, 0.3) is 0 Å². The topological polar surface area (TPSA) is 22.3 Å². The number of nitrogens with zero attached hydrogens (tertiary/aromatic N) is 1. The zero-order valence-corrected chi connectivity index (χ0v) is 15.1. The van der Waals surface area contributed by atoms with E-state index in [0.717, 1.165) is 23.6 Å². The van der Waals surface area contributed by atoms with Crippen molar-refractivity contribution in [3.8, 4) is 11.5 Å². The third kappa shape index (κ3) is 4.83. The Balaban J connectivity index is 0.00000208. The Bertz CT molecular complexity index is 762. The molecule has 4 heteroatoms. The molecule has 0 unspecified atom stereocenters. The van der Waals surface area contributed by atoms with E-state index in [-0.39, 0.29) is 17.0 Å². The smallest absolute Gasteiger partial charge is 0.173 e.